The van der Waals surface area contributed by atoms with Crippen molar-refractivity contribution in [3.8, 4) is 0 Å². The fraction of sp³-hybridized carbons (Fsp3) is 0.150. The van der Waals surface area contributed by atoms with Crippen molar-refractivity contribution in [1.82, 2.24) is 4.41 Å². The van der Waals surface area contributed by atoms with Crippen LogP contribution in [0.1, 0.15) is 22.9 Å². The molecule has 0 amide bonds. The minimum absolute atomic E-state index is 0.184. The Balaban J connectivity index is 1.71. The first kappa shape index (κ1) is 20.6. The molecule has 1 atom stereocenters. The van der Waals surface area contributed by atoms with Crippen LogP contribution in [0.4, 0.5) is 5.69 Å². The van der Waals surface area contributed by atoms with Gasteiger partial charge in [0, 0.05) is 17.0 Å². The van der Waals surface area contributed by atoms with Gasteiger partial charge in [0.05, 0.1) is 16.9 Å². The second kappa shape index (κ2) is 7.86. The van der Waals surface area contributed by atoms with Crippen LogP contribution in [-0.2, 0) is 20.0 Å². The molecular weight excluding hydrogens is 442 g/mol. The van der Waals surface area contributed by atoms with E-state index in [9.17, 15) is 16.8 Å². The summed E-state index contributed by atoms with van der Waals surface area (Å²) in [6, 6.07) is 18.3. The lowest BCUT2D eigenvalue weighted by Crippen LogP contribution is -2.26. The Kier molecular flexibility index (Phi) is 5.39. The molecule has 1 aromatic heterocycles. The van der Waals surface area contributed by atoms with Crippen LogP contribution in [0.3, 0.4) is 0 Å². The summed E-state index contributed by atoms with van der Waals surface area (Å²) in [5.74, 6) is 0. The minimum Gasteiger partial charge on any atom is -0.284 e. The van der Waals surface area contributed by atoms with Crippen LogP contribution < -0.4 is 4.72 Å². The molecule has 4 rings (SSSR count). The number of hydrogen-bond acceptors (Lipinski definition) is 6. The molecule has 30 heavy (non-hydrogen) atoms. The highest BCUT2D eigenvalue weighted by Gasteiger charge is 2.38. The summed E-state index contributed by atoms with van der Waals surface area (Å²) in [5.41, 5.74) is 1.79. The van der Waals surface area contributed by atoms with Crippen LogP contribution in [0.5, 0.6) is 0 Å². The molecule has 7 nitrogen and oxygen atoms in total. The van der Waals surface area contributed by atoms with Gasteiger partial charge in [-0.05, 0) is 41.3 Å². The number of anilines is 1. The van der Waals surface area contributed by atoms with E-state index in [0.717, 1.165) is 16.7 Å². The van der Waals surface area contributed by atoms with Gasteiger partial charge in [-0.2, -0.15) is 17.9 Å². The van der Waals surface area contributed by atoms with Crippen LogP contribution in [0.25, 0.3) is 0 Å². The molecule has 0 saturated heterocycles. The third-order valence-electron chi connectivity index (χ3n) is 4.55. The Labute approximate surface area is 179 Å². The van der Waals surface area contributed by atoms with Crippen molar-refractivity contribution < 1.29 is 16.8 Å². The van der Waals surface area contributed by atoms with Gasteiger partial charge in [0.1, 0.15) is 6.04 Å². The standard InChI is InChI=1S/C20H19N3O4S3/c1-29(24,25)22-16-11-9-15(10-12-16)18-14-19(20-8-5-13-28-20)23(21-18)30(26,27)17-6-3-2-4-7-17/h2-13,19,22H,14H2,1H3/t19-/m1/s1. The average Bonchev–Trinajstić information content (AvgIpc) is 3.38. The summed E-state index contributed by atoms with van der Waals surface area (Å²) in [6.07, 6.45) is 1.51. The molecule has 0 spiro atoms. The van der Waals surface area contributed by atoms with Crippen molar-refractivity contribution in [3.05, 3.63) is 82.6 Å². The Morgan fingerprint density at radius 3 is 2.27 bits per heavy atom. The lowest BCUT2D eigenvalue weighted by Gasteiger charge is -2.22. The molecule has 0 unspecified atom stereocenters. The number of rotatable bonds is 6. The van der Waals surface area contributed by atoms with Gasteiger partial charge in [-0.25, -0.2) is 8.42 Å². The Hall–Kier alpha value is -2.69. The molecule has 2 heterocycles. The molecule has 1 N–H and O–H groups in total. The van der Waals surface area contributed by atoms with Crippen molar-refractivity contribution in [2.24, 2.45) is 5.10 Å². The minimum atomic E-state index is -3.83. The molecule has 1 aliphatic heterocycles. The fourth-order valence-electron chi connectivity index (χ4n) is 3.22. The first-order chi connectivity index (χ1) is 14.2. The molecular formula is C20H19N3O4S3. The van der Waals surface area contributed by atoms with Crippen molar-refractivity contribution in [2.75, 3.05) is 11.0 Å². The highest BCUT2D eigenvalue weighted by atomic mass is 32.2. The SMILES string of the molecule is CS(=O)(=O)Nc1ccc(C2=NN(S(=O)(=O)c3ccccc3)[C@@H](c3cccs3)C2)cc1. The third kappa shape index (κ3) is 4.25. The maximum Gasteiger partial charge on any atom is 0.279 e. The third-order valence-corrected chi connectivity index (χ3v) is 7.83. The van der Waals surface area contributed by atoms with Gasteiger partial charge >= 0.3 is 0 Å². The highest BCUT2D eigenvalue weighted by Crippen LogP contribution is 2.38. The number of hydrazone groups is 1. The van der Waals surface area contributed by atoms with Crippen molar-refractivity contribution >= 4 is 42.8 Å². The zero-order valence-electron chi connectivity index (χ0n) is 16.0. The Bertz CT molecular complexity index is 1270. The monoisotopic (exact) mass is 461 g/mol. The van der Waals surface area contributed by atoms with Gasteiger partial charge in [-0.3, -0.25) is 4.72 Å². The molecule has 10 heteroatoms. The topological polar surface area (TPSA) is 95.9 Å². The van der Waals surface area contributed by atoms with E-state index in [1.807, 2.05) is 17.5 Å². The van der Waals surface area contributed by atoms with Crippen LogP contribution in [0.15, 0.2) is 82.1 Å². The number of sulfonamides is 2. The van der Waals surface area contributed by atoms with E-state index in [1.165, 1.54) is 15.8 Å². The van der Waals surface area contributed by atoms with Gasteiger partial charge in [0.15, 0.2) is 0 Å². The molecule has 156 valence electrons. The van der Waals surface area contributed by atoms with E-state index in [2.05, 4.69) is 9.82 Å². The van der Waals surface area contributed by atoms with E-state index in [-0.39, 0.29) is 4.90 Å². The average molecular weight is 462 g/mol. The number of benzene rings is 2. The number of hydrogen-bond donors (Lipinski definition) is 1. The molecule has 1 aliphatic rings. The summed E-state index contributed by atoms with van der Waals surface area (Å²) in [7, 11) is -7.20. The van der Waals surface area contributed by atoms with E-state index in [1.54, 1.807) is 54.6 Å². The second-order valence-corrected chi connectivity index (χ2v) is 11.3. The summed E-state index contributed by atoms with van der Waals surface area (Å²) >= 11 is 1.49. The Morgan fingerprint density at radius 2 is 1.67 bits per heavy atom. The molecule has 0 radical (unpaired) electrons. The zero-order valence-corrected chi connectivity index (χ0v) is 18.4. The second-order valence-electron chi connectivity index (χ2n) is 6.82. The van der Waals surface area contributed by atoms with Crippen LogP contribution in [-0.4, -0.2) is 33.2 Å². The van der Waals surface area contributed by atoms with Crippen molar-refractivity contribution in [3.63, 3.8) is 0 Å². The van der Waals surface area contributed by atoms with Crippen molar-refractivity contribution in [2.45, 2.75) is 17.4 Å². The summed E-state index contributed by atoms with van der Waals surface area (Å²) < 4.78 is 52.9. The quantitative estimate of drug-likeness (QED) is 0.606. The largest absolute Gasteiger partial charge is 0.284 e. The summed E-state index contributed by atoms with van der Waals surface area (Å²) in [4.78, 5) is 1.09. The maximum atomic E-state index is 13.3. The fourth-order valence-corrected chi connectivity index (χ4v) is 6.11. The van der Waals surface area contributed by atoms with Crippen molar-refractivity contribution in [1.29, 1.82) is 0 Å². The number of thiophene rings is 1. The first-order valence-corrected chi connectivity index (χ1v) is 13.2. The number of nitrogens with zero attached hydrogens (tertiary/aromatic N) is 2. The van der Waals surface area contributed by atoms with E-state index in [0.29, 0.717) is 17.8 Å². The first-order valence-electron chi connectivity index (χ1n) is 9.03. The maximum absolute atomic E-state index is 13.3. The van der Waals surface area contributed by atoms with Crippen LogP contribution in [0, 0.1) is 0 Å². The smallest absolute Gasteiger partial charge is 0.279 e. The highest BCUT2D eigenvalue weighted by molar-refractivity contribution is 7.92. The molecule has 0 saturated carbocycles. The molecule has 2 aromatic carbocycles. The summed E-state index contributed by atoms with van der Waals surface area (Å²) in [5, 5.41) is 6.39. The van der Waals surface area contributed by atoms with Gasteiger partial charge in [0.2, 0.25) is 10.0 Å². The van der Waals surface area contributed by atoms with Crippen LogP contribution in [0.2, 0.25) is 0 Å². The predicted molar refractivity (Wildman–Crippen MR) is 119 cm³/mol. The van der Waals surface area contributed by atoms with E-state index in [4.69, 9.17) is 0 Å². The van der Waals surface area contributed by atoms with E-state index < -0.39 is 26.1 Å². The van der Waals surface area contributed by atoms with E-state index >= 15 is 0 Å². The lowest BCUT2D eigenvalue weighted by molar-refractivity contribution is 0.375. The molecule has 0 fully saturated rings. The van der Waals surface area contributed by atoms with Gasteiger partial charge < -0.3 is 0 Å². The van der Waals surface area contributed by atoms with Gasteiger partial charge in [-0.1, -0.05) is 36.4 Å². The van der Waals surface area contributed by atoms with Gasteiger partial charge in [-0.15, -0.1) is 11.3 Å². The lowest BCUT2D eigenvalue weighted by atomic mass is 10.0. The zero-order chi connectivity index (χ0) is 21.4. The molecule has 0 bridgehead atoms. The molecule has 0 aliphatic carbocycles. The predicted octanol–water partition coefficient (Wildman–Crippen LogP) is 3.66. The normalized spacial score (nSPS) is 17.0. The van der Waals surface area contributed by atoms with Crippen LogP contribution >= 0.6 is 11.3 Å². The number of nitrogens with one attached hydrogen (secondary N) is 1. The summed E-state index contributed by atoms with van der Waals surface area (Å²) in [6.45, 7) is 0. The molecule has 3 aromatic rings. The van der Waals surface area contributed by atoms with Gasteiger partial charge in [0.25, 0.3) is 10.0 Å². The Morgan fingerprint density at radius 1 is 0.967 bits per heavy atom.